The second-order valence-electron chi connectivity index (χ2n) is 7.59. The molecule has 0 radical (unpaired) electrons. The molecule has 1 aromatic carbocycles. The number of morpholine rings is 1. The molecule has 0 spiro atoms. The molecule has 1 N–H and O–H groups in total. The summed E-state index contributed by atoms with van der Waals surface area (Å²) in [5, 5.41) is 8.67. The average molecular weight is 396 g/mol. The van der Waals surface area contributed by atoms with Crippen molar-refractivity contribution in [3.05, 3.63) is 46.6 Å². The molecule has 1 fully saturated rings. The highest BCUT2D eigenvalue weighted by Gasteiger charge is 2.28. The van der Waals surface area contributed by atoms with E-state index in [0.29, 0.717) is 41.1 Å². The Kier molecular flexibility index (Phi) is 3.95. The summed E-state index contributed by atoms with van der Waals surface area (Å²) in [4.78, 5) is 20.3. The van der Waals surface area contributed by atoms with Gasteiger partial charge in [-0.15, -0.1) is 0 Å². The van der Waals surface area contributed by atoms with Crippen LogP contribution in [0.5, 0.6) is 0 Å². The van der Waals surface area contributed by atoms with Crippen molar-refractivity contribution in [2.75, 3.05) is 18.0 Å². The fourth-order valence-corrected chi connectivity index (χ4v) is 4.11. The molecule has 150 valence electrons. The molecular formula is C20H21FN6O2. The van der Waals surface area contributed by atoms with E-state index in [4.69, 9.17) is 9.72 Å². The van der Waals surface area contributed by atoms with Crippen LogP contribution in [0.2, 0.25) is 0 Å². The maximum Gasteiger partial charge on any atom is 0.282 e. The quantitative estimate of drug-likeness (QED) is 0.563. The second kappa shape index (κ2) is 6.41. The van der Waals surface area contributed by atoms with E-state index in [9.17, 15) is 9.18 Å². The number of fused-ring (bicyclic) bond motifs is 3. The lowest BCUT2D eigenvalue weighted by Gasteiger charge is -2.36. The van der Waals surface area contributed by atoms with Gasteiger partial charge in [-0.1, -0.05) is 6.07 Å². The first-order chi connectivity index (χ1) is 13.9. The van der Waals surface area contributed by atoms with Crippen molar-refractivity contribution >= 4 is 27.8 Å². The number of nitrogens with one attached hydrogen (secondary N) is 1. The van der Waals surface area contributed by atoms with Gasteiger partial charge in [0, 0.05) is 20.1 Å². The Bertz CT molecular complexity index is 1280. The van der Waals surface area contributed by atoms with E-state index in [1.54, 1.807) is 23.0 Å². The first kappa shape index (κ1) is 17.9. The van der Waals surface area contributed by atoms with Gasteiger partial charge in [0.05, 0.1) is 35.0 Å². The number of aromatic amines is 1. The maximum absolute atomic E-state index is 13.8. The van der Waals surface area contributed by atoms with E-state index in [2.05, 4.69) is 15.1 Å². The topological polar surface area (TPSA) is 81.0 Å². The summed E-state index contributed by atoms with van der Waals surface area (Å²) >= 11 is 0. The number of halogens is 1. The molecule has 2 unspecified atom stereocenters. The Labute approximate surface area is 165 Å². The van der Waals surface area contributed by atoms with Crippen molar-refractivity contribution in [3.63, 3.8) is 0 Å². The molecule has 0 bridgehead atoms. The van der Waals surface area contributed by atoms with Gasteiger partial charge in [-0.05, 0) is 32.0 Å². The standard InChI is InChI=1S/C20H21FN6O2/c1-11-9-26(10-12(2)29-11)19-16-17(15-8-22-25(3)18(15)23-19)24-27(20(16)28)14-6-4-5-13(21)7-14/h4-8,11-12,24H,9-10H2,1-3H3. The first-order valence-corrected chi connectivity index (χ1v) is 9.55. The summed E-state index contributed by atoms with van der Waals surface area (Å²) < 4.78 is 22.7. The zero-order valence-corrected chi connectivity index (χ0v) is 16.4. The molecule has 0 saturated carbocycles. The number of hydrogen-bond donors (Lipinski definition) is 1. The average Bonchev–Trinajstić information content (AvgIpc) is 3.21. The predicted molar refractivity (Wildman–Crippen MR) is 108 cm³/mol. The number of pyridine rings is 1. The van der Waals surface area contributed by atoms with Gasteiger partial charge < -0.3 is 9.64 Å². The monoisotopic (exact) mass is 396 g/mol. The molecule has 8 nitrogen and oxygen atoms in total. The van der Waals surface area contributed by atoms with Crippen LogP contribution in [0, 0.1) is 5.82 Å². The number of nitrogens with zero attached hydrogens (tertiary/aromatic N) is 5. The molecule has 3 aromatic heterocycles. The molecule has 0 aliphatic carbocycles. The van der Waals surface area contributed by atoms with Crippen LogP contribution in [0.3, 0.4) is 0 Å². The third-order valence-corrected chi connectivity index (χ3v) is 5.29. The lowest BCUT2D eigenvalue weighted by molar-refractivity contribution is -0.00535. The fourth-order valence-electron chi connectivity index (χ4n) is 4.11. The molecule has 0 amide bonds. The summed E-state index contributed by atoms with van der Waals surface area (Å²) in [6.45, 7) is 5.26. The lowest BCUT2D eigenvalue weighted by atomic mass is 10.2. The van der Waals surface area contributed by atoms with Gasteiger partial charge in [-0.25, -0.2) is 14.1 Å². The van der Waals surface area contributed by atoms with Crippen LogP contribution in [0.1, 0.15) is 13.8 Å². The SMILES string of the molecule is CC1CN(c2nc3c(cnn3C)c3[nH]n(-c4cccc(F)c4)c(=O)c23)CC(C)O1. The minimum absolute atomic E-state index is 0.0159. The van der Waals surface area contributed by atoms with Crippen LogP contribution in [-0.4, -0.2) is 49.8 Å². The molecule has 5 rings (SSSR count). The summed E-state index contributed by atoms with van der Waals surface area (Å²) in [6, 6.07) is 5.93. The number of ether oxygens (including phenoxy) is 1. The van der Waals surface area contributed by atoms with Crippen molar-refractivity contribution in [2.45, 2.75) is 26.1 Å². The number of anilines is 1. The largest absolute Gasteiger partial charge is 0.372 e. The van der Waals surface area contributed by atoms with Crippen LogP contribution in [0.4, 0.5) is 10.2 Å². The van der Waals surface area contributed by atoms with Crippen LogP contribution < -0.4 is 10.5 Å². The van der Waals surface area contributed by atoms with Gasteiger partial charge in [-0.2, -0.15) is 5.10 Å². The Morgan fingerprint density at radius 3 is 2.72 bits per heavy atom. The van der Waals surface area contributed by atoms with Crippen LogP contribution in [0.25, 0.3) is 27.6 Å². The lowest BCUT2D eigenvalue weighted by Crippen LogP contribution is -2.46. The van der Waals surface area contributed by atoms with Crippen LogP contribution in [-0.2, 0) is 11.8 Å². The Balaban J connectivity index is 1.82. The third kappa shape index (κ3) is 2.80. The van der Waals surface area contributed by atoms with E-state index < -0.39 is 5.82 Å². The number of rotatable bonds is 2. The van der Waals surface area contributed by atoms with E-state index in [1.807, 2.05) is 20.9 Å². The fraction of sp³-hybridized carbons (Fsp3) is 0.350. The Morgan fingerprint density at radius 1 is 1.24 bits per heavy atom. The van der Waals surface area contributed by atoms with E-state index in [-0.39, 0.29) is 17.8 Å². The molecule has 1 saturated heterocycles. The van der Waals surface area contributed by atoms with E-state index in [0.717, 1.165) is 5.39 Å². The maximum atomic E-state index is 13.8. The third-order valence-electron chi connectivity index (χ3n) is 5.29. The van der Waals surface area contributed by atoms with E-state index in [1.165, 1.54) is 16.8 Å². The molecule has 29 heavy (non-hydrogen) atoms. The number of H-pyrrole nitrogens is 1. The molecule has 1 aliphatic rings. The summed E-state index contributed by atoms with van der Waals surface area (Å²) in [5.41, 5.74) is 1.47. The molecular weight excluding hydrogens is 375 g/mol. The summed E-state index contributed by atoms with van der Waals surface area (Å²) in [7, 11) is 1.82. The van der Waals surface area contributed by atoms with Crippen molar-refractivity contribution in [1.29, 1.82) is 0 Å². The van der Waals surface area contributed by atoms with Gasteiger partial charge in [0.25, 0.3) is 5.56 Å². The number of aryl methyl sites for hydroxylation is 1. The van der Waals surface area contributed by atoms with Gasteiger partial charge >= 0.3 is 0 Å². The Hall–Kier alpha value is -3.20. The van der Waals surface area contributed by atoms with Crippen molar-refractivity contribution < 1.29 is 9.13 Å². The highest BCUT2D eigenvalue weighted by Crippen LogP contribution is 2.30. The normalized spacial score (nSPS) is 20.1. The highest BCUT2D eigenvalue weighted by molar-refractivity contribution is 6.07. The van der Waals surface area contributed by atoms with Gasteiger partial charge in [0.15, 0.2) is 5.65 Å². The minimum Gasteiger partial charge on any atom is -0.372 e. The molecule has 1 aliphatic heterocycles. The zero-order chi connectivity index (χ0) is 20.3. The van der Waals surface area contributed by atoms with Crippen LogP contribution in [0.15, 0.2) is 35.3 Å². The predicted octanol–water partition coefficient (Wildman–Crippen LogP) is 2.35. The molecule has 2 atom stereocenters. The zero-order valence-electron chi connectivity index (χ0n) is 16.4. The van der Waals surface area contributed by atoms with Gasteiger partial charge in [0.2, 0.25) is 0 Å². The molecule has 4 aromatic rings. The number of hydrogen-bond acceptors (Lipinski definition) is 5. The minimum atomic E-state index is -0.409. The van der Waals surface area contributed by atoms with Gasteiger partial charge in [-0.3, -0.25) is 14.6 Å². The van der Waals surface area contributed by atoms with Crippen molar-refractivity contribution in [2.24, 2.45) is 7.05 Å². The summed E-state index contributed by atoms with van der Waals surface area (Å²) in [6.07, 6.45) is 1.72. The van der Waals surface area contributed by atoms with Gasteiger partial charge in [0.1, 0.15) is 17.0 Å². The van der Waals surface area contributed by atoms with Crippen molar-refractivity contribution in [1.82, 2.24) is 24.5 Å². The second-order valence-corrected chi connectivity index (χ2v) is 7.59. The van der Waals surface area contributed by atoms with Crippen molar-refractivity contribution in [3.8, 4) is 5.69 Å². The summed E-state index contributed by atoms with van der Waals surface area (Å²) in [5.74, 6) is 0.184. The van der Waals surface area contributed by atoms with Crippen LogP contribution >= 0.6 is 0 Å². The molecule has 4 heterocycles. The number of aromatic nitrogens is 5. The van der Waals surface area contributed by atoms with E-state index >= 15 is 0 Å². The smallest absolute Gasteiger partial charge is 0.282 e. The highest BCUT2D eigenvalue weighted by atomic mass is 19.1. The first-order valence-electron chi connectivity index (χ1n) is 9.55. The Morgan fingerprint density at radius 2 is 2.00 bits per heavy atom. The molecule has 9 heteroatoms. The number of benzene rings is 1.